The number of hydrogen-bond donors (Lipinski definition) is 0. The Balaban J connectivity index is 1.81. The van der Waals surface area contributed by atoms with E-state index in [4.69, 9.17) is 16.5 Å². The molecule has 0 spiro atoms. The number of imidazole rings is 2. The first-order chi connectivity index (χ1) is 18.3. The fourth-order valence-corrected chi connectivity index (χ4v) is 5.66. The molecule has 8 heteroatoms. The highest BCUT2D eigenvalue weighted by molar-refractivity contribution is 5.96. The Morgan fingerprint density at radius 3 is 1.74 bits per heavy atom. The molecule has 0 unspecified atom stereocenters. The van der Waals surface area contributed by atoms with Gasteiger partial charge in [-0.05, 0) is 38.1 Å². The highest BCUT2D eigenvalue weighted by Crippen LogP contribution is 2.25. The Morgan fingerprint density at radius 1 is 0.737 bits per heavy atom. The number of benzene rings is 2. The molecule has 186 valence electrons. The van der Waals surface area contributed by atoms with Crippen molar-refractivity contribution in [3.8, 4) is 6.07 Å². The molecule has 0 amide bonds. The zero-order valence-electron chi connectivity index (χ0n) is 22.2. The molecule has 0 aliphatic carbocycles. The highest BCUT2D eigenvalue weighted by atomic mass is 15.1. The minimum Gasteiger partial charge on any atom is -0.356 e. The zero-order valence-corrected chi connectivity index (χ0v) is 22.2. The van der Waals surface area contributed by atoms with Gasteiger partial charge in [0, 0.05) is 50.4 Å². The fourth-order valence-electron chi connectivity index (χ4n) is 5.66. The van der Waals surface area contributed by atoms with E-state index >= 15 is 0 Å². The number of rotatable bonds is 2. The zero-order chi connectivity index (χ0) is 26.9. The molecule has 4 heterocycles. The lowest BCUT2D eigenvalue weighted by molar-refractivity contribution is 0.821. The van der Waals surface area contributed by atoms with Crippen molar-refractivity contribution in [3.63, 3.8) is 0 Å². The summed E-state index contributed by atoms with van der Waals surface area (Å²) in [5.74, 6) is 1.24. The van der Waals surface area contributed by atoms with E-state index in [-0.39, 0.29) is 0 Å². The summed E-state index contributed by atoms with van der Waals surface area (Å²) in [6.45, 7) is 12.3. The predicted octanol–water partition coefficient (Wildman–Crippen LogP) is 3.71. The molecule has 0 aliphatic rings. The fraction of sp³-hybridized carbons (Fsp3) is 0.200. The van der Waals surface area contributed by atoms with Crippen molar-refractivity contribution in [3.05, 3.63) is 93.7 Å². The van der Waals surface area contributed by atoms with Crippen LogP contribution in [0.25, 0.3) is 49.0 Å². The lowest BCUT2D eigenvalue weighted by Crippen LogP contribution is -2.22. The molecule has 2 aromatic carbocycles. The number of nitrogens with zero attached hydrogens (tertiary/aromatic N) is 8. The SMILES string of the molecule is [C-]#[N+]/C(c1nc2ccccc2n1C)=c1\c2c(C)n(C)/c(=C(/C#N)c3nc4ccccc4n3C)c2c(C)n1C. The largest absolute Gasteiger partial charge is 0.356 e. The first-order valence-corrected chi connectivity index (χ1v) is 12.3. The topological polar surface area (TPSA) is 73.7 Å². The van der Waals surface area contributed by atoms with Crippen LogP contribution in [0.15, 0.2) is 48.5 Å². The van der Waals surface area contributed by atoms with Crippen LogP contribution in [0.3, 0.4) is 0 Å². The van der Waals surface area contributed by atoms with Gasteiger partial charge in [-0.2, -0.15) is 5.26 Å². The van der Waals surface area contributed by atoms with Crippen LogP contribution in [0.5, 0.6) is 0 Å². The van der Waals surface area contributed by atoms with Gasteiger partial charge in [0.05, 0.1) is 39.3 Å². The number of hydrogen-bond acceptors (Lipinski definition) is 3. The standard InChI is InChI=1S/C30H26N8/c1-17-24-25(28(36(17)5)26(32-3)30-34-21-13-9-11-15-23(21)38(30)7)18(2)35(4)27(24)19(16-31)29-33-20-12-8-10-14-22(20)37(29)6/h8-15H,1-2,4-7H3/b27-19-,28-26+. The van der Waals surface area contributed by atoms with Crippen molar-refractivity contribution in [2.45, 2.75) is 13.8 Å². The van der Waals surface area contributed by atoms with Gasteiger partial charge in [-0.1, -0.05) is 24.3 Å². The maximum atomic E-state index is 10.5. The molecule has 0 saturated carbocycles. The van der Waals surface area contributed by atoms with Gasteiger partial charge in [-0.25, -0.2) is 14.8 Å². The van der Waals surface area contributed by atoms with Gasteiger partial charge in [0.2, 0.25) is 0 Å². The summed E-state index contributed by atoms with van der Waals surface area (Å²) in [5, 5.41) is 14.0. The van der Waals surface area contributed by atoms with Gasteiger partial charge < -0.3 is 18.3 Å². The van der Waals surface area contributed by atoms with Crippen LogP contribution in [0.2, 0.25) is 0 Å². The number of fused-ring (bicyclic) bond motifs is 3. The average molecular weight is 499 g/mol. The normalized spacial score (nSPS) is 13.3. The van der Waals surface area contributed by atoms with E-state index in [1.54, 1.807) is 0 Å². The third-order valence-electron chi connectivity index (χ3n) is 7.82. The third-order valence-corrected chi connectivity index (χ3v) is 7.82. The minimum absolute atomic E-state index is 0.478. The summed E-state index contributed by atoms with van der Waals surface area (Å²) in [5.41, 5.74) is 6.55. The Bertz CT molecular complexity index is 2010. The molecular formula is C30H26N8. The van der Waals surface area contributed by atoms with Gasteiger partial charge in [0.25, 0.3) is 5.70 Å². The van der Waals surface area contributed by atoms with Gasteiger partial charge >= 0.3 is 0 Å². The highest BCUT2D eigenvalue weighted by Gasteiger charge is 2.24. The number of aryl methyl sites for hydroxylation is 4. The average Bonchev–Trinajstić information content (AvgIpc) is 3.59. The summed E-state index contributed by atoms with van der Waals surface area (Å²) < 4.78 is 8.05. The lowest BCUT2D eigenvalue weighted by Gasteiger charge is -2.06. The van der Waals surface area contributed by atoms with Crippen LogP contribution < -0.4 is 10.7 Å². The van der Waals surface area contributed by atoms with Crippen LogP contribution in [0.1, 0.15) is 23.0 Å². The molecule has 0 atom stereocenters. The lowest BCUT2D eigenvalue weighted by atomic mass is 10.1. The molecule has 0 aliphatic heterocycles. The number of para-hydroxylation sites is 4. The summed E-state index contributed by atoms with van der Waals surface area (Å²) in [4.78, 5) is 13.7. The Hall–Kier alpha value is -5.08. The van der Waals surface area contributed by atoms with E-state index in [9.17, 15) is 5.26 Å². The number of aromatic nitrogens is 6. The van der Waals surface area contributed by atoms with Gasteiger partial charge in [0.1, 0.15) is 17.5 Å². The van der Waals surface area contributed by atoms with Crippen molar-refractivity contribution in [1.82, 2.24) is 28.2 Å². The first kappa shape index (κ1) is 23.3. The molecule has 4 aromatic heterocycles. The first-order valence-electron chi connectivity index (χ1n) is 12.3. The quantitative estimate of drug-likeness (QED) is 0.342. The van der Waals surface area contributed by atoms with Crippen LogP contribution >= 0.6 is 0 Å². The molecule has 0 radical (unpaired) electrons. The molecule has 0 fully saturated rings. The summed E-state index contributed by atoms with van der Waals surface area (Å²) in [6, 6.07) is 18.2. The van der Waals surface area contributed by atoms with E-state index in [1.807, 2.05) is 99.7 Å². The second-order valence-corrected chi connectivity index (χ2v) is 9.65. The van der Waals surface area contributed by atoms with Crippen LogP contribution in [0.4, 0.5) is 0 Å². The Kier molecular flexibility index (Phi) is 5.05. The van der Waals surface area contributed by atoms with E-state index in [1.165, 1.54) is 0 Å². The monoisotopic (exact) mass is 498 g/mol. The smallest absolute Gasteiger partial charge is 0.252 e. The van der Waals surface area contributed by atoms with Crippen molar-refractivity contribution in [2.24, 2.45) is 28.2 Å². The second kappa shape index (κ2) is 8.22. The summed E-state index contributed by atoms with van der Waals surface area (Å²) in [7, 11) is 7.83. The summed E-state index contributed by atoms with van der Waals surface area (Å²) in [6.07, 6.45) is 0. The molecule has 0 saturated heterocycles. The molecule has 0 N–H and O–H groups in total. The van der Waals surface area contributed by atoms with Crippen LogP contribution in [-0.4, -0.2) is 28.2 Å². The van der Waals surface area contributed by atoms with E-state index in [0.29, 0.717) is 22.9 Å². The van der Waals surface area contributed by atoms with Crippen molar-refractivity contribution < 1.29 is 0 Å². The van der Waals surface area contributed by atoms with E-state index < -0.39 is 0 Å². The molecule has 38 heavy (non-hydrogen) atoms. The third kappa shape index (κ3) is 2.95. The van der Waals surface area contributed by atoms with Crippen LogP contribution in [-0.2, 0) is 28.2 Å². The molecule has 6 aromatic rings. The molecule has 6 rings (SSSR count). The van der Waals surface area contributed by atoms with Crippen molar-refractivity contribution in [1.29, 1.82) is 5.26 Å². The van der Waals surface area contributed by atoms with Crippen LogP contribution in [0, 0.1) is 31.8 Å². The Morgan fingerprint density at radius 2 is 1.21 bits per heavy atom. The maximum absolute atomic E-state index is 10.5. The van der Waals surface area contributed by atoms with E-state index in [0.717, 1.165) is 54.9 Å². The predicted molar refractivity (Wildman–Crippen MR) is 149 cm³/mol. The second-order valence-electron chi connectivity index (χ2n) is 9.65. The number of nitriles is 1. The van der Waals surface area contributed by atoms with Gasteiger partial charge in [-0.15, -0.1) is 0 Å². The Labute approximate surface area is 219 Å². The van der Waals surface area contributed by atoms with Crippen molar-refractivity contribution >= 4 is 44.1 Å². The van der Waals surface area contributed by atoms with Gasteiger partial charge in [0.15, 0.2) is 5.82 Å². The maximum Gasteiger partial charge on any atom is 0.252 e. The van der Waals surface area contributed by atoms with Crippen molar-refractivity contribution in [2.75, 3.05) is 0 Å². The molecule has 8 nitrogen and oxygen atoms in total. The van der Waals surface area contributed by atoms with Gasteiger partial charge in [-0.3, -0.25) is 0 Å². The molecular weight excluding hydrogens is 472 g/mol. The summed E-state index contributed by atoms with van der Waals surface area (Å²) >= 11 is 0. The minimum atomic E-state index is 0.478. The molecule has 0 bridgehead atoms. The van der Waals surface area contributed by atoms with E-state index in [2.05, 4.69) is 20.0 Å².